The van der Waals surface area contributed by atoms with Crippen molar-refractivity contribution in [3.05, 3.63) is 139 Å². The van der Waals surface area contributed by atoms with Gasteiger partial charge in [-0.2, -0.15) is 13.2 Å². The van der Waals surface area contributed by atoms with E-state index in [0.717, 1.165) is 66.4 Å². The van der Waals surface area contributed by atoms with E-state index < -0.39 is 41.9 Å². The summed E-state index contributed by atoms with van der Waals surface area (Å²) < 4.78 is 49.1. The highest BCUT2D eigenvalue weighted by Crippen LogP contribution is 2.34. The first-order valence-electron chi connectivity index (χ1n) is 19.9. The standard InChI is InChI=1S/C19H17ClF3N3O3.C12H13ClN2O3.C8H10ClN.C7H8ClN/c1-10-6-13(4-5-14(10)20)25(3)17(27)15-9-29-18(28)26(15)16-8-12(19(21,22)23)7-11(2)24-16;1-7-5-8(3-4-9(7)13)15(2)11(16)10-6-18-12(17)14-10;1-6-5-7(10-2)3-4-8(6)9;1-5-4-6(9)2-3-7(5)8/h4-8,15H,9H2,1-3H3;3-5,10H,6H2,1-2H3,(H,14,17);3-5,10H,1-2H3;2-4H,9H2,1H3/t15-;10-;;/m00../s1. The van der Waals surface area contributed by atoms with Gasteiger partial charge in [0.25, 0.3) is 11.8 Å². The van der Waals surface area contributed by atoms with Gasteiger partial charge < -0.3 is 35.6 Å². The number of benzene rings is 4. The molecule has 352 valence electrons. The van der Waals surface area contributed by atoms with E-state index in [2.05, 4.69) is 15.6 Å². The molecule has 1 aromatic heterocycles. The Bertz CT molecular complexity index is 2590. The van der Waals surface area contributed by atoms with Gasteiger partial charge in [0.2, 0.25) is 0 Å². The molecule has 0 aliphatic carbocycles. The van der Waals surface area contributed by atoms with Crippen molar-refractivity contribution in [3.8, 4) is 0 Å². The lowest BCUT2D eigenvalue weighted by Crippen LogP contribution is -2.47. The second kappa shape index (κ2) is 23.0. The van der Waals surface area contributed by atoms with Crippen LogP contribution in [0.4, 0.5) is 51.3 Å². The Morgan fingerprint density at radius 1 is 0.727 bits per heavy atom. The summed E-state index contributed by atoms with van der Waals surface area (Å²) in [4.78, 5) is 55.8. The number of carbonyl (C=O) groups excluding carboxylic acids is 4. The predicted octanol–water partition coefficient (Wildman–Crippen LogP) is 11.0. The zero-order valence-electron chi connectivity index (χ0n) is 37.1. The average Bonchev–Trinajstić information content (AvgIpc) is 3.89. The Morgan fingerprint density at radius 3 is 1.68 bits per heavy atom. The number of rotatable bonds is 6. The summed E-state index contributed by atoms with van der Waals surface area (Å²) in [6.45, 7) is 8.69. The number of pyridine rings is 1. The minimum atomic E-state index is -4.62. The van der Waals surface area contributed by atoms with E-state index in [9.17, 15) is 32.3 Å². The Kier molecular flexibility index (Phi) is 18.4. The molecule has 5 aromatic rings. The maximum atomic E-state index is 13.2. The van der Waals surface area contributed by atoms with E-state index in [1.807, 2.05) is 58.2 Å². The van der Waals surface area contributed by atoms with E-state index in [4.69, 9.17) is 61.6 Å². The Hall–Kier alpha value is -5.94. The number of ether oxygens (including phenoxy) is 2. The molecule has 0 radical (unpaired) electrons. The second-order valence-electron chi connectivity index (χ2n) is 15.0. The summed E-state index contributed by atoms with van der Waals surface area (Å²) in [5.74, 6) is -1.05. The number of anilines is 5. The van der Waals surface area contributed by atoms with Crippen molar-refractivity contribution in [1.29, 1.82) is 0 Å². The van der Waals surface area contributed by atoms with Crippen LogP contribution >= 0.6 is 46.4 Å². The molecule has 66 heavy (non-hydrogen) atoms. The molecule has 2 atom stereocenters. The molecule has 13 nitrogen and oxygen atoms in total. The van der Waals surface area contributed by atoms with Gasteiger partial charge in [0.15, 0.2) is 6.04 Å². The van der Waals surface area contributed by atoms with Crippen LogP contribution in [-0.2, 0) is 25.2 Å². The Labute approximate surface area is 400 Å². The third-order valence-corrected chi connectivity index (χ3v) is 11.7. The highest BCUT2D eigenvalue weighted by molar-refractivity contribution is 6.32. The lowest BCUT2D eigenvalue weighted by Gasteiger charge is -2.26. The molecule has 0 saturated carbocycles. The smallest absolute Gasteiger partial charge is 0.416 e. The van der Waals surface area contributed by atoms with E-state index in [-0.39, 0.29) is 30.6 Å². The fraction of sp³-hybridized carbons (Fsp3) is 0.283. The van der Waals surface area contributed by atoms with Crippen LogP contribution in [0, 0.1) is 34.6 Å². The van der Waals surface area contributed by atoms with Gasteiger partial charge in [0, 0.05) is 69.7 Å². The van der Waals surface area contributed by atoms with Crippen molar-refractivity contribution in [2.45, 2.75) is 52.9 Å². The average molecular weight is 994 g/mol. The van der Waals surface area contributed by atoms with Crippen LogP contribution in [0.1, 0.15) is 33.5 Å². The predicted molar refractivity (Wildman–Crippen MR) is 255 cm³/mol. The molecule has 0 bridgehead atoms. The molecule has 0 spiro atoms. The number of alkyl halides is 3. The minimum absolute atomic E-state index is 0.0578. The van der Waals surface area contributed by atoms with Crippen molar-refractivity contribution in [2.75, 3.05) is 60.1 Å². The molecule has 4 amide bonds. The highest BCUT2D eigenvalue weighted by atomic mass is 35.5. The Balaban J connectivity index is 0.000000217. The van der Waals surface area contributed by atoms with Gasteiger partial charge in [-0.3, -0.25) is 9.59 Å². The van der Waals surface area contributed by atoms with Gasteiger partial charge in [0.1, 0.15) is 25.1 Å². The van der Waals surface area contributed by atoms with Crippen molar-refractivity contribution in [3.63, 3.8) is 0 Å². The van der Waals surface area contributed by atoms with Crippen LogP contribution in [-0.4, -0.2) is 75.4 Å². The van der Waals surface area contributed by atoms with Gasteiger partial charge in [0.05, 0.1) is 5.56 Å². The number of nitrogens with zero attached hydrogens (tertiary/aromatic N) is 4. The van der Waals surface area contributed by atoms with Gasteiger partial charge in [-0.25, -0.2) is 19.5 Å². The van der Waals surface area contributed by atoms with Gasteiger partial charge in [-0.05, 0) is 142 Å². The third-order valence-electron chi connectivity index (χ3n) is 9.99. The second-order valence-corrected chi connectivity index (χ2v) is 16.6. The molecule has 2 saturated heterocycles. The van der Waals surface area contributed by atoms with Gasteiger partial charge in [-0.1, -0.05) is 46.4 Å². The number of amides is 4. The monoisotopic (exact) mass is 991 g/mol. The molecule has 7 rings (SSSR count). The van der Waals surface area contributed by atoms with Crippen molar-refractivity contribution in [2.24, 2.45) is 0 Å². The first-order chi connectivity index (χ1) is 30.9. The number of nitrogens with two attached hydrogens (primary N) is 1. The fourth-order valence-electron chi connectivity index (χ4n) is 6.17. The summed E-state index contributed by atoms with van der Waals surface area (Å²) in [5.41, 5.74) is 11.4. The molecule has 2 fully saturated rings. The molecule has 0 unspecified atom stereocenters. The normalized spacial score (nSPS) is 15.0. The fourth-order valence-corrected chi connectivity index (χ4v) is 6.64. The molecular formula is C46H48Cl4F3N7O6. The molecule has 20 heteroatoms. The maximum Gasteiger partial charge on any atom is 0.416 e. The van der Waals surface area contributed by atoms with Crippen LogP contribution in [0.5, 0.6) is 0 Å². The number of halogens is 7. The first kappa shape index (κ1) is 52.7. The largest absolute Gasteiger partial charge is 0.447 e. The molecule has 4 aromatic carbocycles. The molecule has 3 heterocycles. The van der Waals surface area contributed by atoms with Gasteiger partial charge in [-0.15, -0.1) is 0 Å². The number of likely N-dealkylation sites (N-methyl/N-ethyl adjacent to an activating group) is 2. The van der Waals surface area contributed by atoms with Crippen LogP contribution in [0.2, 0.25) is 20.1 Å². The van der Waals surface area contributed by atoms with Crippen LogP contribution in [0.3, 0.4) is 0 Å². The SMILES string of the molecule is CNc1ccc(Cl)c(C)c1.Cc1cc(C(F)(F)F)cc(N2C(=O)OC[C@H]2C(=O)N(C)c2ccc(Cl)c(C)c2)n1.Cc1cc(N(C)C(=O)[C@@H]2COC(=O)N2)ccc1Cl.Cc1cc(N)ccc1Cl. The number of aryl methyl sites for hydroxylation is 5. The summed E-state index contributed by atoms with van der Waals surface area (Å²) >= 11 is 23.5. The molecular weight excluding hydrogens is 945 g/mol. The minimum Gasteiger partial charge on any atom is -0.447 e. The zero-order chi connectivity index (χ0) is 49.2. The number of cyclic esters (lactones) is 2. The first-order valence-corrected chi connectivity index (χ1v) is 21.4. The summed E-state index contributed by atoms with van der Waals surface area (Å²) in [5, 5.41) is 8.25. The van der Waals surface area contributed by atoms with E-state index >= 15 is 0 Å². The quantitative estimate of drug-likeness (QED) is 0.141. The summed E-state index contributed by atoms with van der Waals surface area (Å²) in [6.07, 6.45) is -6.12. The van der Waals surface area contributed by atoms with Crippen molar-refractivity contribution in [1.82, 2.24) is 10.3 Å². The third kappa shape index (κ3) is 14.0. The number of carbonyl (C=O) groups is 4. The van der Waals surface area contributed by atoms with Crippen LogP contribution < -0.4 is 31.1 Å². The number of hydrogen-bond acceptors (Lipinski definition) is 9. The van der Waals surface area contributed by atoms with Crippen LogP contribution in [0.15, 0.2) is 84.9 Å². The number of nitrogen functional groups attached to an aromatic ring is 1. The number of aromatic nitrogens is 1. The number of nitrogens with one attached hydrogen (secondary N) is 2. The van der Waals surface area contributed by atoms with E-state index in [1.54, 1.807) is 56.4 Å². The van der Waals surface area contributed by atoms with Gasteiger partial charge >= 0.3 is 18.4 Å². The lowest BCUT2D eigenvalue weighted by molar-refractivity contribution is -0.137. The topological polar surface area (TPSA) is 159 Å². The van der Waals surface area contributed by atoms with E-state index in [0.29, 0.717) is 15.7 Å². The highest BCUT2D eigenvalue weighted by Gasteiger charge is 2.43. The molecule has 2 aliphatic heterocycles. The molecule has 4 N–H and O–H groups in total. The van der Waals surface area contributed by atoms with Crippen LogP contribution in [0.25, 0.3) is 0 Å². The summed E-state index contributed by atoms with van der Waals surface area (Å²) in [6, 6.07) is 21.4. The molecule has 2 aliphatic rings. The lowest BCUT2D eigenvalue weighted by atomic mass is 10.1. The zero-order valence-corrected chi connectivity index (χ0v) is 40.1. The van der Waals surface area contributed by atoms with E-state index in [1.165, 1.54) is 23.8 Å². The van der Waals surface area contributed by atoms with Crippen molar-refractivity contribution >= 4 is 99.0 Å². The number of hydrogen-bond donors (Lipinski definition) is 3. The number of alkyl carbamates (subject to hydrolysis) is 1. The van der Waals surface area contributed by atoms with Crippen molar-refractivity contribution < 1.29 is 41.8 Å². The Morgan fingerprint density at radius 2 is 1.23 bits per heavy atom. The summed E-state index contributed by atoms with van der Waals surface area (Å²) in [7, 11) is 5.04. The maximum absolute atomic E-state index is 13.2.